The molecule has 2 aromatic rings. The Morgan fingerprint density at radius 1 is 1.35 bits per heavy atom. The van der Waals surface area contributed by atoms with Crippen molar-refractivity contribution in [3.05, 3.63) is 36.1 Å². The number of urea groups is 1. The first-order chi connectivity index (χ1) is 11.2. The van der Waals surface area contributed by atoms with Crippen molar-refractivity contribution in [3.8, 4) is 0 Å². The summed E-state index contributed by atoms with van der Waals surface area (Å²) in [4.78, 5) is 12.2. The molecular weight excluding hydrogens is 292 g/mol. The molecule has 1 atom stereocenters. The molecule has 1 aromatic heterocycles. The zero-order valence-electron chi connectivity index (χ0n) is 13.0. The fraction of sp³-hybridized carbons (Fsp3) is 0.500. The number of hydrogen-bond acceptors (Lipinski definition) is 3. The number of amides is 2. The molecule has 1 aromatic carbocycles. The van der Waals surface area contributed by atoms with Gasteiger partial charge in [-0.3, -0.25) is 0 Å². The van der Waals surface area contributed by atoms with Crippen LogP contribution in [0, 0.1) is 11.3 Å². The summed E-state index contributed by atoms with van der Waals surface area (Å²) >= 11 is 0. The summed E-state index contributed by atoms with van der Waals surface area (Å²) in [6.45, 7) is 0.676. The van der Waals surface area contributed by atoms with Crippen molar-refractivity contribution >= 4 is 17.0 Å². The molecule has 4 rings (SSSR count). The smallest absolute Gasteiger partial charge is 0.315 e. The van der Waals surface area contributed by atoms with Crippen molar-refractivity contribution < 1.29 is 14.3 Å². The van der Waals surface area contributed by atoms with Crippen LogP contribution in [0.4, 0.5) is 4.79 Å². The normalized spacial score (nSPS) is 20.2. The largest absolute Gasteiger partial charge is 0.459 e. The summed E-state index contributed by atoms with van der Waals surface area (Å²) in [6, 6.07) is 9.66. The molecule has 2 amide bonds. The van der Waals surface area contributed by atoms with E-state index in [1.165, 1.54) is 0 Å². The topological polar surface area (TPSA) is 74.5 Å². The molecule has 0 spiro atoms. The number of furan rings is 1. The molecule has 5 nitrogen and oxygen atoms in total. The van der Waals surface area contributed by atoms with Crippen molar-refractivity contribution in [3.63, 3.8) is 0 Å². The SMILES string of the molecule is O=C(NCC1(CO)CC1)N[C@@H](c1cc2ccccc2o1)C1CC1. The van der Waals surface area contributed by atoms with Gasteiger partial charge in [-0.05, 0) is 43.7 Å². The highest BCUT2D eigenvalue weighted by Gasteiger charge is 2.42. The van der Waals surface area contributed by atoms with Crippen molar-refractivity contribution in [2.45, 2.75) is 31.7 Å². The lowest BCUT2D eigenvalue weighted by molar-refractivity contribution is 0.201. The van der Waals surface area contributed by atoms with E-state index in [1.807, 2.05) is 30.3 Å². The third-order valence-electron chi connectivity index (χ3n) is 5.05. The molecule has 5 heteroatoms. The van der Waals surface area contributed by atoms with Crippen LogP contribution in [0.2, 0.25) is 0 Å². The Hall–Kier alpha value is -2.01. The van der Waals surface area contributed by atoms with Crippen LogP contribution in [0.1, 0.15) is 37.5 Å². The summed E-state index contributed by atoms with van der Waals surface area (Å²) in [5.74, 6) is 1.28. The lowest BCUT2D eigenvalue weighted by atomic mass is 10.1. The first kappa shape index (κ1) is 14.6. The van der Waals surface area contributed by atoms with Crippen LogP contribution in [0.15, 0.2) is 34.7 Å². The maximum atomic E-state index is 12.2. The molecule has 0 bridgehead atoms. The van der Waals surface area contributed by atoms with Crippen LogP contribution in [0.5, 0.6) is 0 Å². The molecule has 2 fully saturated rings. The molecule has 0 saturated heterocycles. The Bertz CT molecular complexity index is 683. The molecule has 3 N–H and O–H groups in total. The second kappa shape index (κ2) is 5.57. The van der Waals surface area contributed by atoms with E-state index in [1.54, 1.807) is 0 Å². The van der Waals surface area contributed by atoms with Crippen molar-refractivity contribution in [1.29, 1.82) is 0 Å². The number of rotatable bonds is 6. The predicted octanol–water partition coefficient (Wildman–Crippen LogP) is 2.96. The fourth-order valence-corrected chi connectivity index (χ4v) is 3.03. The quantitative estimate of drug-likeness (QED) is 0.767. The van der Waals surface area contributed by atoms with Gasteiger partial charge >= 0.3 is 6.03 Å². The van der Waals surface area contributed by atoms with Gasteiger partial charge in [0.2, 0.25) is 0 Å². The third kappa shape index (κ3) is 3.06. The minimum absolute atomic E-state index is 0.0771. The molecule has 0 unspecified atom stereocenters. The summed E-state index contributed by atoms with van der Waals surface area (Å²) < 4.78 is 5.93. The zero-order valence-corrected chi connectivity index (χ0v) is 13.0. The Labute approximate surface area is 135 Å². The Morgan fingerprint density at radius 3 is 2.78 bits per heavy atom. The second-order valence-electron chi connectivity index (χ2n) is 6.99. The lowest BCUT2D eigenvalue weighted by Gasteiger charge is -2.18. The number of fused-ring (bicyclic) bond motifs is 1. The molecule has 122 valence electrons. The van der Waals surface area contributed by atoms with Crippen LogP contribution in [0.3, 0.4) is 0 Å². The number of carbonyl (C=O) groups excluding carboxylic acids is 1. The van der Waals surface area contributed by atoms with E-state index in [-0.39, 0.29) is 24.1 Å². The second-order valence-corrected chi connectivity index (χ2v) is 6.99. The predicted molar refractivity (Wildman–Crippen MR) is 87.0 cm³/mol. The first-order valence-electron chi connectivity index (χ1n) is 8.33. The minimum Gasteiger partial charge on any atom is -0.459 e. The molecule has 2 saturated carbocycles. The van der Waals surface area contributed by atoms with Gasteiger partial charge in [0, 0.05) is 17.3 Å². The number of carbonyl (C=O) groups is 1. The minimum atomic E-state index is -0.179. The van der Waals surface area contributed by atoms with Gasteiger partial charge in [-0.15, -0.1) is 0 Å². The highest BCUT2D eigenvalue weighted by molar-refractivity contribution is 5.78. The fourth-order valence-electron chi connectivity index (χ4n) is 3.03. The van der Waals surface area contributed by atoms with Crippen LogP contribution in [0.25, 0.3) is 11.0 Å². The molecule has 2 aliphatic carbocycles. The van der Waals surface area contributed by atoms with E-state index in [4.69, 9.17) is 4.42 Å². The molecule has 2 aliphatic rings. The van der Waals surface area contributed by atoms with Gasteiger partial charge in [-0.25, -0.2) is 4.79 Å². The maximum absolute atomic E-state index is 12.2. The van der Waals surface area contributed by atoms with Crippen molar-refractivity contribution in [1.82, 2.24) is 10.6 Å². The lowest BCUT2D eigenvalue weighted by Crippen LogP contribution is -2.41. The van der Waals surface area contributed by atoms with Gasteiger partial charge in [0.25, 0.3) is 0 Å². The van der Waals surface area contributed by atoms with E-state index < -0.39 is 0 Å². The molecule has 1 heterocycles. The van der Waals surface area contributed by atoms with Crippen LogP contribution in [-0.4, -0.2) is 24.3 Å². The van der Waals surface area contributed by atoms with E-state index in [0.717, 1.165) is 42.4 Å². The highest BCUT2D eigenvalue weighted by atomic mass is 16.3. The number of para-hydroxylation sites is 1. The van der Waals surface area contributed by atoms with Gasteiger partial charge < -0.3 is 20.2 Å². The summed E-state index contributed by atoms with van der Waals surface area (Å²) in [6.07, 6.45) is 4.20. The number of hydrogen-bond donors (Lipinski definition) is 3. The average molecular weight is 314 g/mol. The van der Waals surface area contributed by atoms with Crippen LogP contribution < -0.4 is 10.6 Å². The Kier molecular flexibility index (Phi) is 3.53. The number of benzene rings is 1. The highest BCUT2D eigenvalue weighted by Crippen LogP contribution is 2.44. The maximum Gasteiger partial charge on any atom is 0.315 e. The average Bonchev–Trinajstić information content (AvgIpc) is 3.48. The molecular formula is C18H22N2O3. The van der Waals surface area contributed by atoms with Gasteiger partial charge in [-0.2, -0.15) is 0 Å². The van der Waals surface area contributed by atoms with Crippen molar-refractivity contribution in [2.75, 3.05) is 13.2 Å². The van der Waals surface area contributed by atoms with Gasteiger partial charge in [-0.1, -0.05) is 18.2 Å². The summed E-state index contributed by atoms with van der Waals surface area (Å²) in [7, 11) is 0. The monoisotopic (exact) mass is 314 g/mol. The van der Waals surface area contributed by atoms with Gasteiger partial charge in [0.1, 0.15) is 11.3 Å². The summed E-state index contributed by atoms with van der Waals surface area (Å²) in [5, 5.41) is 16.3. The Balaban J connectivity index is 1.44. The van der Waals surface area contributed by atoms with E-state index in [0.29, 0.717) is 12.5 Å². The van der Waals surface area contributed by atoms with Gasteiger partial charge in [0.05, 0.1) is 12.6 Å². The van der Waals surface area contributed by atoms with E-state index >= 15 is 0 Å². The molecule has 23 heavy (non-hydrogen) atoms. The van der Waals surface area contributed by atoms with Gasteiger partial charge in [0.15, 0.2) is 0 Å². The first-order valence-corrected chi connectivity index (χ1v) is 8.33. The molecule has 0 aliphatic heterocycles. The third-order valence-corrected chi connectivity index (χ3v) is 5.05. The number of aliphatic hydroxyl groups excluding tert-OH is 1. The Morgan fingerprint density at radius 2 is 2.13 bits per heavy atom. The standard InChI is InChI=1S/C18H22N2O3/c21-11-18(7-8-18)10-19-17(22)20-16(12-5-6-12)15-9-13-3-1-2-4-14(13)23-15/h1-4,9,12,16,21H,5-8,10-11H2,(H2,19,20,22)/t16-/m1/s1. The zero-order chi connectivity index (χ0) is 15.9. The van der Waals surface area contributed by atoms with Crippen LogP contribution in [-0.2, 0) is 0 Å². The van der Waals surface area contributed by atoms with Crippen molar-refractivity contribution in [2.24, 2.45) is 11.3 Å². The number of aliphatic hydroxyl groups is 1. The number of nitrogens with one attached hydrogen (secondary N) is 2. The summed E-state index contributed by atoms with van der Waals surface area (Å²) in [5.41, 5.74) is 0.777. The molecule has 0 radical (unpaired) electrons. The van der Waals surface area contributed by atoms with Crippen LogP contribution >= 0.6 is 0 Å². The van der Waals surface area contributed by atoms with E-state index in [9.17, 15) is 9.90 Å². The van der Waals surface area contributed by atoms with E-state index in [2.05, 4.69) is 10.6 Å².